The molecule has 1 aliphatic rings. The van der Waals surface area contributed by atoms with E-state index in [2.05, 4.69) is 5.32 Å². The van der Waals surface area contributed by atoms with Crippen LogP contribution < -0.4 is 10.1 Å². The van der Waals surface area contributed by atoms with Crippen molar-refractivity contribution in [2.45, 2.75) is 18.9 Å². The molecule has 0 unspecified atom stereocenters. The summed E-state index contributed by atoms with van der Waals surface area (Å²) in [6, 6.07) is 6.92. The first-order valence-electron chi connectivity index (χ1n) is 6.98. The summed E-state index contributed by atoms with van der Waals surface area (Å²) in [4.78, 5) is 11.9. The highest BCUT2D eigenvalue weighted by Gasteiger charge is 2.25. The lowest BCUT2D eigenvalue weighted by molar-refractivity contribution is -0.124. The van der Waals surface area contributed by atoms with E-state index in [0.29, 0.717) is 36.7 Å². The van der Waals surface area contributed by atoms with Crippen molar-refractivity contribution < 1.29 is 17.9 Å². The molecule has 122 valence electrons. The molecular formula is C14H19ClN2O4S. The maximum atomic E-state index is 11.9. The van der Waals surface area contributed by atoms with E-state index in [1.165, 1.54) is 10.6 Å². The van der Waals surface area contributed by atoms with Gasteiger partial charge in [0, 0.05) is 19.1 Å². The molecule has 0 radical (unpaired) electrons. The Labute approximate surface area is 135 Å². The summed E-state index contributed by atoms with van der Waals surface area (Å²) < 4.78 is 29.6. The van der Waals surface area contributed by atoms with Gasteiger partial charge in [-0.05, 0) is 25.0 Å². The van der Waals surface area contributed by atoms with Crippen LogP contribution >= 0.6 is 11.6 Å². The SMILES string of the molecule is CS(=O)(=O)N1CCC(NC(=O)COc2ccccc2Cl)CC1. The molecule has 1 aromatic carbocycles. The molecule has 0 saturated carbocycles. The molecule has 0 aliphatic carbocycles. The first-order valence-corrected chi connectivity index (χ1v) is 9.20. The summed E-state index contributed by atoms with van der Waals surface area (Å²) >= 11 is 5.94. The van der Waals surface area contributed by atoms with Gasteiger partial charge in [-0.3, -0.25) is 4.79 Å². The Hall–Kier alpha value is -1.31. The van der Waals surface area contributed by atoms with Gasteiger partial charge in [0.25, 0.3) is 5.91 Å². The molecule has 8 heteroatoms. The molecule has 1 fully saturated rings. The van der Waals surface area contributed by atoms with Crippen molar-refractivity contribution in [1.29, 1.82) is 0 Å². The van der Waals surface area contributed by atoms with Crippen molar-refractivity contribution >= 4 is 27.5 Å². The first-order chi connectivity index (χ1) is 10.4. The van der Waals surface area contributed by atoms with E-state index in [1.54, 1.807) is 24.3 Å². The highest BCUT2D eigenvalue weighted by Crippen LogP contribution is 2.22. The maximum Gasteiger partial charge on any atom is 0.258 e. The molecule has 6 nitrogen and oxygen atoms in total. The van der Waals surface area contributed by atoms with Gasteiger partial charge in [-0.1, -0.05) is 23.7 Å². The summed E-state index contributed by atoms with van der Waals surface area (Å²) in [6.07, 6.45) is 2.40. The van der Waals surface area contributed by atoms with E-state index in [9.17, 15) is 13.2 Å². The third-order valence-corrected chi connectivity index (χ3v) is 5.10. The van der Waals surface area contributed by atoms with Crippen LogP contribution in [0.25, 0.3) is 0 Å². The van der Waals surface area contributed by atoms with E-state index in [-0.39, 0.29) is 18.6 Å². The minimum absolute atomic E-state index is 0.0275. The number of nitrogens with one attached hydrogen (secondary N) is 1. The van der Waals surface area contributed by atoms with Crippen LogP contribution in [0.5, 0.6) is 5.75 Å². The molecule has 0 atom stereocenters. The molecule has 1 amide bonds. The average Bonchev–Trinajstić information content (AvgIpc) is 2.46. The van der Waals surface area contributed by atoms with E-state index in [1.807, 2.05) is 0 Å². The van der Waals surface area contributed by atoms with Crippen molar-refractivity contribution in [3.05, 3.63) is 29.3 Å². The average molecular weight is 347 g/mol. The number of carbonyl (C=O) groups is 1. The van der Waals surface area contributed by atoms with Crippen molar-refractivity contribution in [2.24, 2.45) is 0 Å². The van der Waals surface area contributed by atoms with Crippen molar-refractivity contribution in [3.8, 4) is 5.75 Å². The number of piperidine rings is 1. The summed E-state index contributed by atoms with van der Waals surface area (Å²) in [7, 11) is -3.15. The molecule has 0 aromatic heterocycles. The number of ether oxygens (including phenoxy) is 1. The number of rotatable bonds is 5. The van der Waals surface area contributed by atoms with E-state index >= 15 is 0 Å². The summed E-state index contributed by atoms with van der Waals surface area (Å²) in [5.74, 6) is 0.226. The predicted octanol–water partition coefficient (Wildman–Crippen LogP) is 1.26. The second kappa shape index (κ2) is 7.30. The Morgan fingerprint density at radius 3 is 2.59 bits per heavy atom. The second-order valence-corrected chi connectivity index (χ2v) is 7.61. The van der Waals surface area contributed by atoms with Gasteiger partial charge in [-0.25, -0.2) is 12.7 Å². The molecule has 22 heavy (non-hydrogen) atoms. The number of halogens is 1. The van der Waals surface area contributed by atoms with Crippen LogP contribution in [0.15, 0.2) is 24.3 Å². The fraction of sp³-hybridized carbons (Fsp3) is 0.500. The van der Waals surface area contributed by atoms with Crippen LogP contribution in [0, 0.1) is 0 Å². The lowest BCUT2D eigenvalue weighted by atomic mass is 10.1. The normalized spacial score (nSPS) is 17.2. The zero-order valence-corrected chi connectivity index (χ0v) is 13.9. The fourth-order valence-electron chi connectivity index (χ4n) is 2.31. The fourth-order valence-corrected chi connectivity index (χ4v) is 3.37. The van der Waals surface area contributed by atoms with Gasteiger partial charge in [0.15, 0.2) is 6.61 Å². The molecule has 1 aliphatic heterocycles. The number of hydrogen-bond donors (Lipinski definition) is 1. The number of nitrogens with zero attached hydrogens (tertiary/aromatic N) is 1. The number of amides is 1. The van der Waals surface area contributed by atoms with Crippen LogP contribution in [-0.2, 0) is 14.8 Å². The van der Waals surface area contributed by atoms with Crippen LogP contribution in [0.1, 0.15) is 12.8 Å². The van der Waals surface area contributed by atoms with Gasteiger partial charge < -0.3 is 10.1 Å². The highest BCUT2D eigenvalue weighted by molar-refractivity contribution is 7.88. The van der Waals surface area contributed by atoms with Crippen LogP contribution in [0.2, 0.25) is 5.02 Å². The molecule has 1 heterocycles. The molecular weight excluding hydrogens is 328 g/mol. The third kappa shape index (κ3) is 4.86. The zero-order valence-electron chi connectivity index (χ0n) is 12.3. The van der Waals surface area contributed by atoms with Gasteiger partial charge in [-0.2, -0.15) is 0 Å². The Morgan fingerprint density at radius 1 is 1.36 bits per heavy atom. The van der Waals surface area contributed by atoms with Gasteiger partial charge >= 0.3 is 0 Å². The third-order valence-electron chi connectivity index (χ3n) is 3.48. The number of sulfonamides is 1. The van der Waals surface area contributed by atoms with Gasteiger partial charge in [0.2, 0.25) is 10.0 Å². The molecule has 0 spiro atoms. The number of carbonyl (C=O) groups excluding carboxylic acids is 1. The standard InChI is InChI=1S/C14H19ClN2O4S/c1-22(19,20)17-8-6-11(7-9-17)16-14(18)10-21-13-5-3-2-4-12(13)15/h2-5,11H,6-10H2,1H3,(H,16,18). The van der Waals surface area contributed by atoms with Crippen LogP contribution in [0.4, 0.5) is 0 Å². The molecule has 1 N–H and O–H groups in total. The summed E-state index contributed by atoms with van der Waals surface area (Å²) in [5.41, 5.74) is 0. The van der Waals surface area contributed by atoms with E-state index in [4.69, 9.17) is 16.3 Å². The monoisotopic (exact) mass is 346 g/mol. The predicted molar refractivity (Wildman–Crippen MR) is 84.5 cm³/mol. The molecule has 0 bridgehead atoms. The first kappa shape index (κ1) is 17.1. The minimum Gasteiger partial charge on any atom is -0.482 e. The van der Waals surface area contributed by atoms with Gasteiger partial charge in [0.1, 0.15) is 5.75 Å². The largest absolute Gasteiger partial charge is 0.482 e. The summed E-state index contributed by atoms with van der Waals surface area (Å²) in [5, 5.41) is 3.31. The van der Waals surface area contributed by atoms with E-state index in [0.717, 1.165) is 0 Å². The van der Waals surface area contributed by atoms with Gasteiger partial charge in [-0.15, -0.1) is 0 Å². The van der Waals surface area contributed by atoms with Crippen LogP contribution in [0.3, 0.4) is 0 Å². The number of para-hydroxylation sites is 1. The minimum atomic E-state index is -3.15. The second-order valence-electron chi connectivity index (χ2n) is 5.22. The topological polar surface area (TPSA) is 75.7 Å². The van der Waals surface area contributed by atoms with Crippen molar-refractivity contribution in [2.75, 3.05) is 26.0 Å². The highest BCUT2D eigenvalue weighted by atomic mass is 35.5. The van der Waals surface area contributed by atoms with E-state index < -0.39 is 10.0 Å². The van der Waals surface area contributed by atoms with Crippen molar-refractivity contribution in [1.82, 2.24) is 9.62 Å². The van der Waals surface area contributed by atoms with Crippen molar-refractivity contribution in [3.63, 3.8) is 0 Å². The lowest BCUT2D eigenvalue weighted by Gasteiger charge is -2.30. The number of hydrogen-bond acceptors (Lipinski definition) is 4. The van der Waals surface area contributed by atoms with Gasteiger partial charge in [0.05, 0.1) is 11.3 Å². The Kier molecular flexibility index (Phi) is 5.66. The smallest absolute Gasteiger partial charge is 0.258 e. The maximum absolute atomic E-state index is 11.9. The Bertz CT molecular complexity index is 627. The quantitative estimate of drug-likeness (QED) is 0.870. The number of benzene rings is 1. The molecule has 1 aromatic rings. The molecule has 2 rings (SSSR count). The molecule has 1 saturated heterocycles. The Morgan fingerprint density at radius 2 is 2.00 bits per heavy atom. The summed E-state index contributed by atoms with van der Waals surface area (Å²) in [6.45, 7) is 0.736. The van der Waals surface area contributed by atoms with Crippen LogP contribution in [-0.4, -0.2) is 50.6 Å². The Balaban J connectivity index is 1.76. The zero-order chi connectivity index (χ0) is 16.2. The lowest BCUT2D eigenvalue weighted by Crippen LogP contribution is -2.47.